The van der Waals surface area contributed by atoms with Crippen LogP contribution in [0.15, 0.2) is 24.5 Å². The van der Waals surface area contributed by atoms with Gasteiger partial charge in [0.25, 0.3) is 0 Å². The summed E-state index contributed by atoms with van der Waals surface area (Å²) in [6.07, 6.45) is 1.71. The maximum atomic E-state index is 10.5. The lowest BCUT2D eigenvalue weighted by Crippen LogP contribution is -2.05. The number of aliphatic hydroxyl groups excluding tert-OH is 1. The van der Waals surface area contributed by atoms with Crippen molar-refractivity contribution in [1.82, 2.24) is 0 Å². The molecule has 0 aromatic carbocycles. The second-order valence-electron chi connectivity index (χ2n) is 1.63. The van der Waals surface area contributed by atoms with Crippen LogP contribution in [0, 0.1) is 0 Å². The Balaban J connectivity index is 4.33. The summed E-state index contributed by atoms with van der Waals surface area (Å²) in [6, 6.07) is 0. The fourth-order valence-corrected chi connectivity index (χ4v) is 0.357. The zero-order valence-corrected chi connectivity index (χ0v) is 6.03. The van der Waals surface area contributed by atoms with Crippen molar-refractivity contribution in [2.75, 3.05) is 7.11 Å². The maximum Gasteiger partial charge on any atom is 0.373 e. The smallest absolute Gasteiger partial charge is 0.373 e. The average molecular weight is 156 g/mol. The van der Waals surface area contributed by atoms with Crippen molar-refractivity contribution >= 4 is 11.8 Å². The van der Waals surface area contributed by atoms with Crippen molar-refractivity contribution in [3.05, 3.63) is 24.5 Å². The quantitative estimate of drug-likeness (QED) is 0.364. The van der Waals surface area contributed by atoms with Crippen LogP contribution in [-0.4, -0.2) is 24.0 Å². The van der Waals surface area contributed by atoms with Gasteiger partial charge < -0.3 is 9.84 Å². The molecule has 0 aromatic rings. The lowest BCUT2D eigenvalue weighted by atomic mass is 10.3. The molecule has 0 unspecified atom stereocenters. The number of carbonyl (C=O) groups excluding carboxylic acids is 2. The molecule has 0 radical (unpaired) electrons. The lowest BCUT2D eigenvalue weighted by Gasteiger charge is -1.94. The molecule has 0 rings (SSSR count). The van der Waals surface area contributed by atoms with Gasteiger partial charge in [-0.3, -0.25) is 4.79 Å². The van der Waals surface area contributed by atoms with Crippen LogP contribution < -0.4 is 0 Å². The van der Waals surface area contributed by atoms with Crippen LogP contribution in [0.25, 0.3) is 0 Å². The number of hydrogen-bond donors (Lipinski definition) is 1. The largest absolute Gasteiger partial charge is 0.502 e. The molecule has 0 bridgehead atoms. The molecule has 0 saturated carbocycles. The van der Waals surface area contributed by atoms with Crippen molar-refractivity contribution in [2.45, 2.75) is 0 Å². The first-order chi connectivity index (χ1) is 5.11. The molecule has 1 N–H and O–H groups in total. The van der Waals surface area contributed by atoms with E-state index in [1.54, 1.807) is 0 Å². The topological polar surface area (TPSA) is 63.6 Å². The molecule has 0 amide bonds. The highest BCUT2D eigenvalue weighted by atomic mass is 16.5. The minimum Gasteiger partial charge on any atom is -0.502 e. The lowest BCUT2D eigenvalue weighted by molar-refractivity contribution is -0.139. The third-order valence-electron chi connectivity index (χ3n) is 0.875. The maximum absolute atomic E-state index is 10.5. The molecule has 0 aliphatic rings. The summed E-state index contributed by atoms with van der Waals surface area (Å²) < 4.78 is 4.11. The molecule has 0 aromatic heterocycles. The number of ether oxygens (including phenoxy) is 1. The first kappa shape index (κ1) is 9.42. The normalized spacial score (nSPS) is 10.5. The van der Waals surface area contributed by atoms with Gasteiger partial charge in [0.2, 0.25) is 5.76 Å². The molecule has 11 heavy (non-hydrogen) atoms. The Morgan fingerprint density at radius 1 is 1.55 bits per heavy atom. The predicted octanol–water partition coefficient (Wildman–Crippen LogP) is 0.356. The molecule has 0 saturated heterocycles. The molecule has 0 aliphatic carbocycles. The Labute approximate surface area is 63.8 Å². The van der Waals surface area contributed by atoms with E-state index in [1.807, 2.05) is 0 Å². The fraction of sp³-hybridized carbons (Fsp3) is 0.143. The van der Waals surface area contributed by atoms with E-state index >= 15 is 0 Å². The number of aliphatic hydroxyl groups is 1. The van der Waals surface area contributed by atoms with Gasteiger partial charge >= 0.3 is 5.97 Å². The molecule has 0 atom stereocenters. The second-order valence-corrected chi connectivity index (χ2v) is 1.63. The molecular weight excluding hydrogens is 148 g/mol. The average Bonchev–Trinajstić information content (AvgIpc) is 2.02. The van der Waals surface area contributed by atoms with E-state index in [2.05, 4.69) is 11.3 Å². The van der Waals surface area contributed by atoms with Crippen LogP contribution in [-0.2, 0) is 14.3 Å². The SMILES string of the molecule is C=CC(=O)C=C(O)C(=O)OC. The molecular formula is C7H8O4. The van der Waals surface area contributed by atoms with Gasteiger partial charge in [0.15, 0.2) is 5.78 Å². The summed E-state index contributed by atoms with van der Waals surface area (Å²) in [7, 11) is 1.10. The zero-order chi connectivity index (χ0) is 8.85. The van der Waals surface area contributed by atoms with Gasteiger partial charge in [-0.25, -0.2) is 4.79 Å². The van der Waals surface area contributed by atoms with Crippen LogP contribution >= 0.6 is 0 Å². The number of allylic oxidation sites excluding steroid dienone is 2. The molecule has 0 fully saturated rings. The van der Waals surface area contributed by atoms with Gasteiger partial charge in [-0.2, -0.15) is 0 Å². The van der Waals surface area contributed by atoms with Crippen LogP contribution in [0.4, 0.5) is 0 Å². The molecule has 4 heteroatoms. The number of hydrogen-bond acceptors (Lipinski definition) is 4. The van der Waals surface area contributed by atoms with Gasteiger partial charge in [0, 0.05) is 6.08 Å². The Hall–Kier alpha value is -1.58. The fourth-order valence-electron chi connectivity index (χ4n) is 0.357. The van der Waals surface area contributed by atoms with Crippen LogP contribution in [0.2, 0.25) is 0 Å². The summed E-state index contributed by atoms with van der Waals surface area (Å²) in [5, 5.41) is 8.74. The van der Waals surface area contributed by atoms with E-state index in [0.717, 1.165) is 19.3 Å². The van der Waals surface area contributed by atoms with Gasteiger partial charge in [-0.1, -0.05) is 6.58 Å². The van der Waals surface area contributed by atoms with Crippen molar-refractivity contribution in [1.29, 1.82) is 0 Å². The van der Waals surface area contributed by atoms with E-state index < -0.39 is 17.5 Å². The van der Waals surface area contributed by atoms with Gasteiger partial charge in [0.05, 0.1) is 7.11 Å². The van der Waals surface area contributed by atoms with E-state index in [-0.39, 0.29) is 0 Å². The second kappa shape index (κ2) is 4.27. The predicted molar refractivity (Wildman–Crippen MR) is 37.9 cm³/mol. The molecule has 0 heterocycles. The van der Waals surface area contributed by atoms with E-state index in [0.29, 0.717) is 0 Å². The first-order valence-corrected chi connectivity index (χ1v) is 2.77. The Kier molecular flexibility index (Phi) is 3.66. The Morgan fingerprint density at radius 2 is 2.09 bits per heavy atom. The summed E-state index contributed by atoms with van der Waals surface area (Å²) in [6.45, 7) is 3.14. The summed E-state index contributed by atoms with van der Waals surface area (Å²) in [5.74, 6) is -2.22. The van der Waals surface area contributed by atoms with E-state index in [1.165, 1.54) is 0 Å². The van der Waals surface area contributed by atoms with Crippen LogP contribution in [0.5, 0.6) is 0 Å². The van der Waals surface area contributed by atoms with Crippen molar-refractivity contribution in [3.8, 4) is 0 Å². The highest BCUT2D eigenvalue weighted by molar-refractivity contribution is 6.03. The van der Waals surface area contributed by atoms with Gasteiger partial charge in [-0.05, 0) is 6.08 Å². The summed E-state index contributed by atoms with van der Waals surface area (Å²) >= 11 is 0. The third kappa shape index (κ3) is 3.20. The number of ketones is 1. The standard InChI is InChI=1S/C7H8O4/c1-3-5(8)4-6(9)7(10)11-2/h3-4,9H,1H2,2H3. The number of methoxy groups -OCH3 is 1. The highest BCUT2D eigenvalue weighted by Gasteiger charge is 2.07. The number of rotatable bonds is 3. The van der Waals surface area contributed by atoms with E-state index in [9.17, 15) is 9.59 Å². The van der Waals surface area contributed by atoms with Gasteiger partial charge in [0.1, 0.15) is 0 Å². The van der Waals surface area contributed by atoms with Gasteiger partial charge in [-0.15, -0.1) is 0 Å². The van der Waals surface area contributed by atoms with Crippen molar-refractivity contribution < 1.29 is 19.4 Å². The minimum atomic E-state index is -0.944. The third-order valence-corrected chi connectivity index (χ3v) is 0.875. The molecule has 0 aliphatic heterocycles. The Morgan fingerprint density at radius 3 is 2.45 bits per heavy atom. The molecule has 0 spiro atoms. The minimum absolute atomic E-state index is 0.548. The summed E-state index contributed by atoms with van der Waals surface area (Å²) in [4.78, 5) is 20.9. The summed E-state index contributed by atoms with van der Waals surface area (Å²) in [5.41, 5.74) is 0. The molecule has 4 nitrogen and oxygen atoms in total. The molecule has 60 valence electrons. The monoisotopic (exact) mass is 156 g/mol. The van der Waals surface area contributed by atoms with Crippen LogP contribution in [0.3, 0.4) is 0 Å². The number of esters is 1. The highest BCUT2D eigenvalue weighted by Crippen LogP contribution is 1.91. The van der Waals surface area contributed by atoms with Crippen molar-refractivity contribution in [2.24, 2.45) is 0 Å². The van der Waals surface area contributed by atoms with E-state index in [4.69, 9.17) is 5.11 Å². The zero-order valence-electron chi connectivity index (χ0n) is 6.03. The number of carbonyl (C=O) groups is 2. The van der Waals surface area contributed by atoms with Crippen LogP contribution in [0.1, 0.15) is 0 Å². The van der Waals surface area contributed by atoms with Crippen molar-refractivity contribution in [3.63, 3.8) is 0 Å². The first-order valence-electron chi connectivity index (χ1n) is 2.77. The Bertz CT molecular complexity index is 214.